The quantitative estimate of drug-likeness (QED) is 0.546. The molecular formula is C14H9F3INOS. The van der Waals surface area contributed by atoms with Crippen molar-refractivity contribution < 1.29 is 18.0 Å². The molecule has 0 radical (unpaired) electrons. The number of anilines is 1. The third kappa shape index (κ3) is 5.24. The average molecular weight is 423 g/mol. The van der Waals surface area contributed by atoms with Crippen LogP contribution in [0.2, 0.25) is 0 Å². The first kappa shape index (κ1) is 16.2. The molecule has 1 N–H and O–H groups in total. The van der Waals surface area contributed by atoms with Gasteiger partial charge in [-0.2, -0.15) is 13.2 Å². The van der Waals surface area contributed by atoms with Gasteiger partial charge in [0.1, 0.15) is 0 Å². The van der Waals surface area contributed by atoms with E-state index in [2.05, 4.69) is 27.9 Å². The number of benzene rings is 2. The van der Waals surface area contributed by atoms with E-state index in [0.29, 0.717) is 11.3 Å². The van der Waals surface area contributed by atoms with E-state index >= 15 is 0 Å². The molecule has 21 heavy (non-hydrogen) atoms. The first-order valence-electron chi connectivity index (χ1n) is 5.76. The molecule has 0 heterocycles. The summed E-state index contributed by atoms with van der Waals surface area (Å²) in [5.74, 6) is -0.303. The van der Waals surface area contributed by atoms with Gasteiger partial charge in [-0.1, -0.05) is 0 Å². The molecule has 2 rings (SSSR count). The lowest BCUT2D eigenvalue weighted by Crippen LogP contribution is -2.11. The molecule has 2 aromatic carbocycles. The number of thioether (sulfide) groups is 1. The van der Waals surface area contributed by atoms with E-state index in [0.717, 1.165) is 3.57 Å². The van der Waals surface area contributed by atoms with Crippen LogP contribution < -0.4 is 5.32 Å². The first-order chi connectivity index (χ1) is 9.83. The lowest BCUT2D eigenvalue weighted by molar-refractivity contribution is -0.0328. The highest BCUT2D eigenvalue weighted by Crippen LogP contribution is 2.37. The summed E-state index contributed by atoms with van der Waals surface area (Å²) < 4.78 is 37.6. The molecule has 0 fully saturated rings. The summed E-state index contributed by atoms with van der Waals surface area (Å²) in [7, 11) is 0. The predicted molar refractivity (Wildman–Crippen MR) is 85.5 cm³/mol. The number of hydrogen-bond acceptors (Lipinski definition) is 2. The number of hydrogen-bond donors (Lipinski definition) is 1. The smallest absolute Gasteiger partial charge is 0.322 e. The van der Waals surface area contributed by atoms with Crippen molar-refractivity contribution in [1.82, 2.24) is 0 Å². The second-order valence-corrected chi connectivity index (χ2v) is 6.42. The Morgan fingerprint density at radius 3 is 2.10 bits per heavy atom. The molecule has 0 unspecified atom stereocenters. The highest BCUT2D eigenvalue weighted by molar-refractivity contribution is 14.1. The van der Waals surface area contributed by atoms with Gasteiger partial charge in [-0.3, -0.25) is 4.79 Å². The number of rotatable bonds is 3. The molecule has 1 amide bonds. The maximum Gasteiger partial charge on any atom is 0.446 e. The van der Waals surface area contributed by atoms with E-state index < -0.39 is 5.51 Å². The van der Waals surface area contributed by atoms with Crippen LogP contribution in [0.4, 0.5) is 18.9 Å². The molecule has 0 aliphatic heterocycles. The third-order valence-electron chi connectivity index (χ3n) is 2.45. The van der Waals surface area contributed by atoms with E-state index in [1.165, 1.54) is 24.3 Å². The Bertz CT molecular complexity index is 626. The van der Waals surface area contributed by atoms with Crippen molar-refractivity contribution in [3.8, 4) is 0 Å². The molecule has 0 aromatic heterocycles. The average Bonchev–Trinajstić information content (AvgIpc) is 2.40. The van der Waals surface area contributed by atoms with E-state index in [4.69, 9.17) is 0 Å². The van der Waals surface area contributed by atoms with Gasteiger partial charge in [0, 0.05) is 19.7 Å². The van der Waals surface area contributed by atoms with Gasteiger partial charge < -0.3 is 5.32 Å². The summed E-state index contributed by atoms with van der Waals surface area (Å²) in [6.45, 7) is 0. The highest BCUT2D eigenvalue weighted by atomic mass is 127. The van der Waals surface area contributed by atoms with Gasteiger partial charge in [0.05, 0.1) is 0 Å². The zero-order chi connectivity index (χ0) is 15.5. The number of carbonyl (C=O) groups excluding carboxylic acids is 1. The van der Waals surface area contributed by atoms with Crippen LogP contribution in [-0.2, 0) is 0 Å². The summed E-state index contributed by atoms with van der Waals surface area (Å²) in [5.41, 5.74) is -3.37. The summed E-state index contributed by atoms with van der Waals surface area (Å²) in [6.07, 6.45) is 0. The molecule has 0 aliphatic rings. The fourth-order valence-electron chi connectivity index (χ4n) is 1.54. The molecule has 110 valence electrons. The fourth-order valence-corrected chi connectivity index (χ4v) is 2.44. The second kappa shape index (κ2) is 6.69. The Morgan fingerprint density at radius 2 is 1.57 bits per heavy atom. The molecule has 0 aliphatic carbocycles. The first-order valence-corrected chi connectivity index (χ1v) is 7.66. The van der Waals surface area contributed by atoms with Crippen molar-refractivity contribution in [3.63, 3.8) is 0 Å². The number of alkyl halides is 3. The SMILES string of the molecule is O=C(Nc1ccc(SC(F)(F)F)cc1)c1ccc(I)cc1. The Balaban J connectivity index is 2.03. The zero-order valence-electron chi connectivity index (χ0n) is 10.4. The standard InChI is InChI=1S/C14H9F3INOS/c15-14(16,17)21-12-7-5-11(6-8-12)19-13(20)9-1-3-10(18)4-2-9/h1-8H,(H,19,20). The van der Waals surface area contributed by atoms with Crippen molar-refractivity contribution in [2.75, 3.05) is 5.32 Å². The minimum atomic E-state index is -4.31. The van der Waals surface area contributed by atoms with Gasteiger partial charge in [-0.15, -0.1) is 0 Å². The topological polar surface area (TPSA) is 29.1 Å². The van der Waals surface area contributed by atoms with E-state index in [1.54, 1.807) is 24.3 Å². The number of nitrogens with one attached hydrogen (secondary N) is 1. The molecule has 2 nitrogen and oxygen atoms in total. The van der Waals surface area contributed by atoms with Gasteiger partial charge in [-0.05, 0) is 82.9 Å². The van der Waals surface area contributed by atoms with Crippen molar-refractivity contribution in [2.24, 2.45) is 0 Å². The molecule has 0 spiro atoms. The van der Waals surface area contributed by atoms with Gasteiger partial charge in [0.2, 0.25) is 0 Å². The zero-order valence-corrected chi connectivity index (χ0v) is 13.4. The molecule has 0 atom stereocenters. The lowest BCUT2D eigenvalue weighted by atomic mass is 10.2. The lowest BCUT2D eigenvalue weighted by Gasteiger charge is -2.08. The largest absolute Gasteiger partial charge is 0.446 e. The normalized spacial score (nSPS) is 11.2. The number of halogens is 4. The molecule has 0 saturated heterocycles. The van der Waals surface area contributed by atoms with Crippen molar-refractivity contribution in [1.29, 1.82) is 0 Å². The second-order valence-electron chi connectivity index (χ2n) is 4.03. The van der Waals surface area contributed by atoms with Gasteiger partial charge in [0.25, 0.3) is 5.91 Å². The van der Waals surface area contributed by atoms with Crippen LogP contribution in [0, 0.1) is 3.57 Å². The minimum Gasteiger partial charge on any atom is -0.322 e. The maximum atomic E-state index is 12.2. The van der Waals surface area contributed by atoms with Crippen LogP contribution in [0.15, 0.2) is 53.4 Å². The summed E-state index contributed by atoms with van der Waals surface area (Å²) in [6, 6.07) is 12.5. The van der Waals surface area contributed by atoms with E-state index in [1.807, 2.05) is 0 Å². The van der Waals surface area contributed by atoms with Crippen LogP contribution in [0.5, 0.6) is 0 Å². The van der Waals surface area contributed by atoms with Crippen LogP contribution in [0.3, 0.4) is 0 Å². The van der Waals surface area contributed by atoms with Gasteiger partial charge >= 0.3 is 5.51 Å². The van der Waals surface area contributed by atoms with E-state index in [-0.39, 0.29) is 22.6 Å². The highest BCUT2D eigenvalue weighted by Gasteiger charge is 2.29. The van der Waals surface area contributed by atoms with Crippen LogP contribution >= 0.6 is 34.4 Å². The van der Waals surface area contributed by atoms with Crippen LogP contribution in [0.25, 0.3) is 0 Å². The van der Waals surface area contributed by atoms with E-state index in [9.17, 15) is 18.0 Å². The van der Waals surface area contributed by atoms with Crippen molar-refractivity contribution in [3.05, 3.63) is 57.7 Å². The molecule has 0 bridgehead atoms. The summed E-state index contributed by atoms with van der Waals surface area (Å²) in [5, 5.41) is 2.64. The van der Waals surface area contributed by atoms with Gasteiger partial charge in [-0.25, -0.2) is 0 Å². The number of amides is 1. The number of carbonyl (C=O) groups is 1. The Hall–Kier alpha value is -1.22. The maximum absolute atomic E-state index is 12.2. The minimum absolute atomic E-state index is 0.0785. The van der Waals surface area contributed by atoms with Crippen molar-refractivity contribution in [2.45, 2.75) is 10.4 Å². The third-order valence-corrected chi connectivity index (χ3v) is 3.91. The fraction of sp³-hybridized carbons (Fsp3) is 0.0714. The molecule has 7 heteroatoms. The Morgan fingerprint density at radius 1 is 1.00 bits per heavy atom. The van der Waals surface area contributed by atoms with Crippen LogP contribution in [-0.4, -0.2) is 11.4 Å². The van der Waals surface area contributed by atoms with Gasteiger partial charge in [0.15, 0.2) is 0 Å². The van der Waals surface area contributed by atoms with Crippen molar-refractivity contribution >= 4 is 45.9 Å². The monoisotopic (exact) mass is 423 g/mol. The van der Waals surface area contributed by atoms with Crippen LogP contribution in [0.1, 0.15) is 10.4 Å². The molecular weight excluding hydrogens is 414 g/mol. The summed E-state index contributed by atoms with van der Waals surface area (Å²) in [4.78, 5) is 12.0. The molecule has 0 saturated carbocycles. The Kier molecular flexibility index (Phi) is 5.15. The summed E-state index contributed by atoms with van der Waals surface area (Å²) >= 11 is 1.94. The Labute approximate surface area is 137 Å². The predicted octanol–water partition coefficient (Wildman–Crippen LogP) is 5.16. The molecule has 2 aromatic rings.